The van der Waals surface area contributed by atoms with Gasteiger partial charge in [0.2, 0.25) is 0 Å². The minimum Gasteiger partial charge on any atom is -0.310 e. The van der Waals surface area contributed by atoms with E-state index >= 15 is 0 Å². The first-order chi connectivity index (χ1) is 12.4. The minimum atomic E-state index is 0.251. The zero-order valence-corrected chi connectivity index (χ0v) is 15.7. The number of hydrogen-bond donors (Lipinski definition) is 4. The van der Waals surface area contributed by atoms with Crippen LogP contribution in [0.15, 0.2) is 42.5 Å². The van der Waals surface area contributed by atoms with E-state index in [1.807, 2.05) is 63.2 Å². The summed E-state index contributed by atoms with van der Waals surface area (Å²) < 4.78 is 0. The Morgan fingerprint density at radius 2 is 1.77 bits per heavy atom. The second-order valence-corrected chi connectivity index (χ2v) is 6.55. The van der Waals surface area contributed by atoms with E-state index in [0.717, 1.165) is 33.4 Å². The molecule has 0 unspecified atom stereocenters. The van der Waals surface area contributed by atoms with Gasteiger partial charge >= 0.3 is 5.96 Å². The zero-order chi connectivity index (χ0) is 18.7. The summed E-state index contributed by atoms with van der Waals surface area (Å²) in [4.78, 5) is 11.9. The van der Waals surface area contributed by atoms with Gasteiger partial charge in [0.05, 0.1) is 16.9 Å². The Morgan fingerprint density at radius 1 is 1.00 bits per heavy atom. The average molecular weight is 365 g/mol. The van der Waals surface area contributed by atoms with Gasteiger partial charge in [-0.05, 0) is 62.3 Å². The predicted molar refractivity (Wildman–Crippen MR) is 110 cm³/mol. The Morgan fingerprint density at radius 3 is 2.54 bits per heavy atom. The summed E-state index contributed by atoms with van der Waals surface area (Å²) in [7, 11) is 0. The first kappa shape index (κ1) is 17.8. The van der Waals surface area contributed by atoms with Gasteiger partial charge in [0, 0.05) is 5.39 Å². The minimum absolute atomic E-state index is 0.251. The van der Waals surface area contributed by atoms with E-state index in [-0.39, 0.29) is 5.96 Å². The van der Waals surface area contributed by atoms with E-state index in [2.05, 4.69) is 25.6 Å². The summed E-state index contributed by atoms with van der Waals surface area (Å²) in [5, 5.41) is 7.44. The van der Waals surface area contributed by atoms with Gasteiger partial charge in [-0.2, -0.15) is 0 Å². The molecule has 132 valence electrons. The maximum Gasteiger partial charge on any atom is 0.312 e. The molecule has 0 atom stereocenters. The van der Waals surface area contributed by atoms with Crippen LogP contribution >= 0.6 is 12.2 Å². The van der Waals surface area contributed by atoms with Crippen molar-refractivity contribution in [2.45, 2.75) is 20.8 Å². The lowest BCUT2D eigenvalue weighted by Gasteiger charge is -2.06. The maximum absolute atomic E-state index is 6.00. The van der Waals surface area contributed by atoms with Crippen LogP contribution in [0, 0.1) is 20.8 Å². The molecule has 1 aromatic heterocycles. The van der Waals surface area contributed by atoms with Crippen molar-refractivity contribution < 1.29 is 4.99 Å². The van der Waals surface area contributed by atoms with Crippen molar-refractivity contribution in [2.24, 2.45) is 5.73 Å². The van der Waals surface area contributed by atoms with E-state index in [0.29, 0.717) is 11.1 Å². The van der Waals surface area contributed by atoms with Gasteiger partial charge in [-0.3, -0.25) is 5.32 Å². The molecule has 5 N–H and O–H groups in total. The third-order valence-corrected chi connectivity index (χ3v) is 4.02. The first-order valence-corrected chi connectivity index (χ1v) is 8.60. The van der Waals surface area contributed by atoms with Crippen LogP contribution in [0.25, 0.3) is 10.9 Å². The molecule has 7 heteroatoms. The molecule has 26 heavy (non-hydrogen) atoms. The van der Waals surface area contributed by atoms with Crippen molar-refractivity contribution >= 4 is 45.8 Å². The quantitative estimate of drug-likeness (QED) is 0.314. The Labute approximate surface area is 157 Å². The number of hydrogen-bond acceptors (Lipinski definition) is 3. The number of rotatable bonds is 2. The van der Waals surface area contributed by atoms with Gasteiger partial charge in [0.25, 0.3) is 11.1 Å². The van der Waals surface area contributed by atoms with Crippen LogP contribution in [0.4, 0.5) is 11.6 Å². The lowest BCUT2D eigenvalue weighted by Crippen LogP contribution is -2.82. The zero-order valence-electron chi connectivity index (χ0n) is 14.9. The summed E-state index contributed by atoms with van der Waals surface area (Å²) in [5.74, 6) is 0.672. The smallest absolute Gasteiger partial charge is 0.310 e. The summed E-state index contributed by atoms with van der Waals surface area (Å²) in [6.45, 7) is 5.99. The third kappa shape index (κ3) is 4.31. The summed E-state index contributed by atoms with van der Waals surface area (Å²) in [6.07, 6.45) is 0. The predicted octanol–water partition coefficient (Wildman–Crippen LogP) is 1.76. The number of nitrogens with two attached hydrogens (primary N) is 1. The highest BCUT2D eigenvalue weighted by atomic mass is 32.1. The van der Waals surface area contributed by atoms with E-state index in [4.69, 9.17) is 18.0 Å². The van der Waals surface area contributed by atoms with E-state index < -0.39 is 0 Å². The van der Waals surface area contributed by atoms with Crippen LogP contribution in [0.2, 0.25) is 0 Å². The van der Waals surface area contributed by atoms with Crippen molar-refractivity contribution in [1.29, 1.82) is 0 Å². The number of guanidine groups is 1. The number of nitrogens with zero attached hydrogens (tertiary/aromatic N) is 2. The topological polar surface area (TPSA) is 89.8 Å². The highest BCUT2D eigenvalue weighted by molar-refractivity contribution is 7.80. The molecule has 0 amide bonds. The van der Waals surface area contributed by atoms with E-state index in [1.54, 1.807) is 0 Å². The van der Waals surface area contributed by atoms with Crippen LogP contribution in [-0.4, -0.2) is 21.0 Å². The number of thiocarbonyl (C=S) groups is 1. The molecule has 0 radical (unpaired) electrons. The molecule has 0 aliphatic carbocycles. The van der Waals surface area contributed by atoms with Crippen LogP contribution in [0.5, 0.6) is 0 Å². The number of fused-ring (bicyclic) bond motifs is 1. The fourth-order valence-electron chi connectivity index (χ4n) is 2.61. The summed E-state index contributed by atoms with van der Waals surface area (Å²) >= 11 is 5.29. The monoisotopic (exact) mass is 365 g/mol. The molecule has 0 saturated carbocycles. The van der Waals surface area contributed by atoms with Crippen molar-refractivity contribution in [2.75, 3.05) is 10.6 Å². The standard InChI is InChI=1S/C19H20N6S/c1-11-5-4-6-14(9-11)22-19(26)25-17(20)24-18-21-13(3)15-8-7-12(2)10-16(15)23-18/h4-10H,1-3H3,(H4,20,21,22,23,24,25,26)/p+1. The van der Waals surface area contributed by atoms with Gasteiger partial charge in [0.1, 0.15) is 0 Å². The Hall–Kier alpha value is -3.06. The molecule has 1 heterocycles. The van der Waals surface area contributed by atoms with Crippen molar-refractivity contribution in [1.82, 2.24) is 9.97 Å². The molecular formula is C19H21N6S+. The fourth-order valence-corrected chi connectivity index (χ4v) is 2.84. The fraction of sp³-hybridized carbons (Fsp3) is 0.158. The molecule has 0 aliphatic rings. The lowest BCUT2D eigenvalue weighted by atomic mass is 10.1. The second-order valence-electron chi connectivity index (χ2n) is 6.14. The van der Waals surface area contributed by atoms with Gasteiger partial charge in [-0.15, -0.1) is 0 Å². The molecule has 3 aromatic rings. The highest BCUT2D eigenvalue weighted by Crippen LogP contribution is 2.18. The van der Waals surface area contributed by atoms with E-state index in [9.17, 15) is 0 Å². The maximum atomic E-state index is 6.00. The molecule has 0 bridgehead atoms. The van der Waals surface area contributed by atoms with Crippen molar-refractivity contribution in [3.63, 3.8) is 0 Å². The largest absolute Gasteiger partial charge is 0.312 e. The Kier molecular flexibility index (Phi) is 5.09. The van der Waals surface area contributed by atoms with Gasteiger partial charge in [-0.1, -0.05) is 24.3 Å². The summed E-state index contributed by atoms with van der Waals surface area (Å²) in [5.41, 5.74) is 10.9. The number of aromatic nitrogens is 2. The summed E-state index contributed by atoms with van der Waals surface area (Å²) in [6, 6.07) is 14.0. The molecule has 0 fully saturated rings. The molecular weight excluding hydrogens is 344 g/mol. The highest BCUT2D eigenvalue weighted by Gasteiger charge is 2.09. The molecule has 2 aromatic carbocycles. The normalized spacial score (nSPS) is 11.4. The van der Waals surface area contributed by atoms with Crippen molar-refractivity contribution in [3.05, 3.63) is 59.3 Å². The van der Waals surface area contributed by atoms with Crippen LogP contribution in [0.3, 0.4) is 0 Å². The Balaban J connectivity index is 1.76. The molecule has 0 spiro atoms. The van der Waals surface area contributed by atoms with Crippen LogP contribution < -0.4 is 21.4 Å². The van der Waals surface area contributed by atoms with E-state index in [1.165, 1.54) is 0 Å². The van der Waals surface area contributed by atoms with Crippen molar-refractivity contribution in [3.8, 4) is 0 Å². The molecule has 6 nitrogen and oxygen atoms in total. The second kappa shape index (κ2) is 7.45. The molecule has 0 saturated heterocycles. The van der Waals surface area contributed by atoms with Gasteiger partial charge in [0.15, 0.2) is 0 Å². The number of anilines is 2. The molecule has 3 rings (SSSR count). The van der Waals surface area contributed by atoms with Crippen LogP contribution in [-0.2, 0) is 0 Å². The SMILES string of the molecule is Cc1cccc(NC(=S)[NH+]=C(N)Nc2nc(C)c3ccc(C)cc3n2)c1. The van der Waals surface area contributed by atoms with Gasteiger partial charge < -0.3 is 5.73 Å². The molecule has 0 aliphatic heterocycles. The van der Waals surface area contributed by atoms with Gasteiger partial charge in [-0.25, -0.2) is 20.3 Å². The first-order valence-electron chi connectivity index (χ1n) is 8.20. The average Bonchev–Trinajstić information content (AvgIpc) is 2.53. The number of benzene rings is 2. The third-order valence-electron chi connectivity index (χ3n) is 3.81. The lowest BCUT2D eigenvalue weighted by molar-refractivity contribution is -0.311. The Bertz CT molecular complexity index is 1010. The number of nitrogens with one attached hydrogen (secondary N) is 3. The van der Waals surface area contributed by atoms with Crippen LogP contribution in [0.1, 0.15) is 16.8 Å². The number of aryl methyl sites for hydroxylation is 3.